The maximum absolute atomic E-state index is 12.3. The lowest BCUT2D eigenvalue weighted by Gasteiger charge is -1.98. The van der Waals surface area contributed by atoms with Gasteiger partial charge in [-0.3, -0.25) is 14.9 Å². The van der Waals surface area contributed by atoms with E-state index >= 15 is 0 Å². The van der Waals surface area contributed by atoms with Crippen LogP contribution < -0.4 is 0 Å². The molecule has 0 aliphatic heterocycles. The van der Waals surface area contributed by atoms with E-state index in [-0.39, 0.29) is 17.3 Å². The Morgan fingerprint density at radius 3 is 2.35 bits per heavy atom. The highest BCUT2D eigenvalue weighted by atomic mass is 16.6. The van der Waals surface area contributed by atoms with Gasteiger partial charge in [0.05, 0.1) is 10.6 Å². The maximum atomic E-state index is 12.3. The standard InChI is InChI=1S/C15H11N5O3/c1-10-2-4-11(5-3-10)14(21)15-16-18-19(17-15)12-6-8-13(9-7-12)20(22)23/h2-9H,1H3. The number of aromatic nitrogens is 4. The third-order valence-corrected chi connectivity index (χ3v) is 3.22. The molecule has 0 aliphatic carbocycles. The lowest BCUT2D eigenvalue weighted by molar-refractivity contribution is -0.384. The molecule has 0 fully saturated rings. The number of nitro benzene ring substituents is 1. The van der Waals surface area contributed by atoms with E-state index in [0.29, 0.717) is 11.3 Å². The van der Waals surface area contributed by atoms with E-state index in [1.807, 2.05) is 19.1 Å². The number of non-ortho nitro benzene ring substituents is 1. The Morgan fingerprint density at radius 1 is 1.09 bits per heavy atom. The number of aryl methyl sites for hydroxylation is 1. The van der Waals surface area contributed by atoms with Crippen molar-refractivity contribution in [2.75, 3.05) is 0 Å². The van der Waals surface area contributed by atoms with Crippen molar-refractivity contribution < 1.29 is 9.72 Å². The van der Waals surface area contributed by atoms with E-state index in [1.165, 1.54) is 24.3 Å². The van der Waals surface area contributed by atoms with Gasteiger partial charge in [-0.1, -0.05) is 29.8 Å². The van der Waals surface area contributed by atoms with Crippen LogP contribution in [-0.2, 0) is 0 Å². The number of tetrazole rings is 1. The van der Waals surface area contributed by atoms with Crippen LogP contribution in [0.3, 0.4) is 0 Å². The van der Waals surface area contributed by atoms with Crippen molar-refractivity contribution in [1.29, 1.82) is 0 Å². The zero-order valence-electron chi connectivity index (χ0n) is 12.1. The predicted octanol–water partition coefficient (Wildman–Crippen LogP) is 2.11. The van der Waals surface area contributed by atoms with E-state index < -0.39 is 4.92 Å². The summed E-state index contributed by atoms with van der Waals surface area (Å²) in [5, 5.41) is 22.2. The highest BCUT2D eigenvalue weighted by Crippen LogP contribution is 2.14. The topological polar surface area (TPSA) is 104 Å². The van der Waals surface area contributed by atoms with Crippen LogP contribution in [0.5, 0.6) is 0 Å². The summed E-state index contributed by atoms with van der Waals surface area (Å²) < 4.78 is 0. The molecule has 0 amide bonds. The van der Waals surface area contributed by atoms with Gasteiger partial charge < -0.3 is 0 Å². The Balaban J connectivity index is 1.86. The summed E-state index contributed by atoms with van der Waals surface area (Å²) in [5.74, 6) is -0.370. The number of nitro groups is 1. The van der Waals surface area contributed by atoms with Gasteiger partial charge in [0.2, 0.25) is 11.6 Å². The van der Waals surface area contributed by atoms with Crippen LogP contribution >= 0.6 is 0 Å². The number of ketones is 1. The second-order valence-electron chi connectivity index (χ2n) is 4.87. The Kier molecular flexibility index (Phi) is 3.63. The van der Waals surface area contributed by atoms with Crippen molar-refractivity contribution in [2.24, 2.45) is 0 Å². The monoisotopic (exact) mass is 309 g/mol. The SMILES string of the molecule is Cc1ccc(C(=O)c2nnn(-c3ccc([N+](=O)[O-])cc3)n2)cc1. The van der Waals surface area contributed by atoms with Crippen molar-refractivity contribution in [3.63, 3.8) is 0 Å². The number of nitrogens with zero attached hydrogens (tertiary/aromatic N) is 5. The Hall–Kier alpha value is -3.42. The molecule has 0 bridgehead atoms. The molecular formula is C15H11N5O3. The van der Waals surface area contributed by atoms with Crippen molar-refractivity contribution >= 4 is 11.5 Å². The Bertz CT molecular complexity index is 869. The molecule has 1 heterocycles. The van der Waals surface area contributed by atoms with Gasteiger partial charge in [-0.05, 0) is 24.3 Å². The number of carbonyl (C=O) groups excluding carboxylic acids is 1. The molecule has 0 saturated carbocycles. The Labute approximate surface area is 130 Å². The van der Waals surface area contributed by atoms with Gasteiger partial charge in [-0.25, -0.2) is 0 Å². The number of hydrogen-bond acceptors (Lipinski definition) is 6. The molecule has 2 aromatic carbocycles. The zero-order chi connectivity index (χ0) is 16.4. The first-order chi connectivity index (χ1) is 11.0. The maximum Gasteiger partial charge on any atom is 0.269 e. The van der Waals surface area contributed by atoms with E-state index in [2.05, 4.69) is 15.4 Å². The fraction of sp³-hybridized carbons (Fsp3) is 0.0667. The highest BCUT2D eigenvalue weighted by Gasteiger charge is 2.16. The molecule has 8 heteroatoms. The second-order valence-corrected chi connectivity index (χ2v) is 4.87. The fourth-order valence-corrected chi connectivity index (χ4v) is 1.96. The van der Waals surface area contributed by atoms with Gasteiger partial charge in [0, 0.05) is 17.7 Å². The van der Waals surface area contributed by atoms with Crippen LogP contribution in [0.15, 0.2) is 48.5 Å². The molecule has 3 aromatic rings. The molecule has 8 nitrogen and oxygen atoms in total. The second kappa shape index (κ2) is 5.76. The minimum absolute atomic E-state index is 0.0350. The summed E-state index contributed by atoms with van der Waals surface area (Å²) in [6.07, 6.45) is 0. The molecule has 1 aromatic heterocycles. The molecule has 0 atom stereocenters. The number of rotatable bonds is 4. The van der Waals surface area contributed by atoms with Crippen LogP contribution in [0.4, 0.5) is 5.69 Å². The average molecular weight is 309 g/mol. The fourth-order valence-electron chi connectivity index (χ4n) is 1.96. The Morgan fingerprint density at radius 2 is 1.74 bits per heavy atom. The molecule has 0 aliphatic rings. The summed E-state index contributed by atoms with van der Waals surface area (Å²) in [5.41, 5.74) is 1.96. The molecule has 3 rings (SSSR count). The largest absolute Gasteiger partial charge is 0.285 e. The van der Waals surface area contributed by atoms with Crippen LogP contribution in [0.2, 0.25) is 0 Å². The summed E-state index contributed by atoms with van der Waals surface area (Å²) in [6.45, 7) is 1.93. The number of benzene rings is 2. The van der Waals surface area contributed by atoms with Gasteiger partial charge in [0.1, 0.15) is 0 Å². The molecule has 0 radical (unpaired) electrons. The first-order valence-corrected chi connectivity index (χ1v) is 6.71. The van der Waals surface area contributed by atoms with Crippen LogP contribution in [0.25, 0.3) is 5.69 Å². The predicted molar refractivity (Wildman–Crippen MR) is 80.4 cm³/mol. The molecule has 0 unspecified atom stereocenters. The summed E-state index contributed by atoms with van der Waals surface area (Å²) in [6, 6.07) is 12.7. The smallest absolute Gasteiger partial charge is 0.269 e. The van der Waals surface area contributed by atoms with E-state index in [4.69, 9.17) is 0 Å². The molecular weight excluding hydrogens is 298 g/mol. The minimum Gasteiger partial charge on any atom is -0.285 e. The molecule has 0 spiro atoms. The molecule has 0 N–H and O–H groups in total. The van der Waals surface area contributed by atoms with Gasteiger partial charge in [-0.2, -0.15) is 0 Å². The zero-order valence-corrected chi connectivity index (χ0v) is 12.1. The van der Waals surface area contributed by atoms with Crippen molar-refractivity contribution in [3.05, 3.63) is 75.6 Å². The lowest BCUT2D eigenvalue weighted by atomic mass is 10.1. The summed E-state index contributed by atoms with van der Waals surface area (Å²) in [7, 11) is 0. The molecule has 0 saturated heterocycles. The minimum atomic E-state index is -0.495. The van der Waals surface area contributed by atoms with Crippen LogP contribution in [0.1, 0.15) is 21.7 Å². The lowest BCUT2D eigenvalue weighted by Crippen LogP contribution is -2.05. The first-order valence-electron chi connectivity index (χ1n) is 6.71. The normalized spacial score (nSPS) is 10.5. The van der Waals surface area contributed by atoms with Gasteiger partial charge in [-0.15, -0.1) is 15.0 Å². The average Bonchev–Trinajstić information content (AvgIpc) is 3.05. The highest BCUT2D eigenvalue weighted by molar-refractivity contribution is 6.06. The number of carbonyl (C=O) groups is 1. The van der Waals surface area contributed by atoms with E-state index in [1.54, 1.807) is 12.1 Å². The summed E-state index contributed by atoms with van der Waals surface area (Å²) >= 11 is 0. The first kappa shape index (κ1) is 14.5. The van der Waals surface area contributed by atoms with E-state index in [9.17, 15) is 14.9 Å². The van der Waals surface area contributed by atoms with Gasteiger partial charge in [0.15, 0.2) is 0 Å². The van der Waals surface area contributed by atoms with Crippen molar-refractivity contribution in [1.82, 2.24) is 20.2 Å². The number of hydrogen-bond donors (Lipinski definition) is 0. The summed E-state index contributed by atoms with van der Waals surface area (Å²) in [4.78, 5) is 23.6. The molecule has 114 valence electrons. The van der Waals surface area contributed by atoms with Gasteiger partial charge >= 0.3 is 0 Å². The molecule has 23 heavy (non-hydrogen) atoms. The van der Waals surface area contributed by atoms with Crippen LogP contribution in [-0.4, -0.2) is 30.9 Å². The van der Waals surface area contributed by atoms with Crippen LogP contribution in [0, 0.1) is 17.0 Å². The van der Waals surface area contributed by atoms with Gasteiger partial charge in [0.25, 0.3) is 5.69 Å². The van der Waals surface area contributed by atoms with Crippen molar-refractivity contribution in [3.8, 4) is 5.69 Å². The quantitative estimate of drug-likeness (QED) is 0.415. The third-order valence-electron chi connectivity index (χ3n) is 3.22. The third kappa shape index (κ3) is 2.95. The van der Waals surface area contributed by atoms with Crippen molar-refractivity contribution in [2.45, 2.75) is 6.92 Å². The van der Waals surface area contributed by atoms with E-state index in [0.717, 1.165) is 10.4 Å².